The maximum absolute atomic E-state index is 5.95. The van der Waals surface area contributed by atoms with E-state index in [1.165, 1.54) is 37.1 Å². The van der Waals surface area contributed by atoms with Crippen LogP contribution in [-0.2, 0) is 5.41 Å². The molecular formula is C17H28NO+. The van der Waals surface area contributed by atoms with Crippen LogP contribution in [0.5, 0.6) is 5.75 Å². The van der Waals surface area contributed by atoms with Gasteiger partial charge < -0.3 is 9.64 Å². The number of nitrogens with one attached hydrogen (secondary N) is 1. The second-order valence-corrected chi connectivity index (χ2v) is 6.79. The third-order valence-corrected chi connectivity index (χ3v) is 4.06. The molecule has 2 rings (SSSR count). The summed E-state index contributed by atoms with van der Waals surface area (Å²) < 4.78 is 5.95. The lowest BCUT2D eigenvalue weighted by Crippen LogP contribution is -3.10. The summed E-state index contributed by atoms with van der Waals surface area (Å²) in [6, 6.07) is 6.60. The second-order valence-electron chi connectivity index (χ2n) is 6.79. The number of benzene rings is 1. The van der Waals surface area contributed by atoms with Gasteiger partial charge in [0.1, 0.15) is 18.9 Å². The van der Waals surface area contributed by atoms with E-state index >= 15 is 0 Å². The van der Waals surface area contributed by atoms with E-state index in [1.54, 1.807) is 4.90 Å². The molecule has 0 atom stereocenters. The fourth-order valence-corrected chi connectivity index (χ4v) is 2.71. The Bertz CT molecular complexity index is 414. The predicted molar refractivity (Wildman–Crippen MR) is 80.2 cm³/mol. The molecule has 2 heteroatoms. The molecule has 1 heterocycles. The molecular weight excluding hydrogens is 234 g/mol. The molecule has 19 heavy (non-hydrogen) atoms. The summed E-state index contributed by atoms with van der Waals surface area (Å²) in [4.78, 5) is 1.70. The number of hydrogen-bond donors (Lipinski definition) is 1. The topological polar surface area (TPSA) is 13.7 Å². The van der Waals surface area contributed by atoms with Crippen LogP contribution >= 0.6 is 0 Å². The maximum Gasteiger partial charge on any atom is 0.137 e. The Hall–Kier alpha value is -1.02. The lowest BCUT2D eigenvalue weighted by Gasteiger charge is -2.21. The summed E-state index contributed by atoms with van der Waals surface area (Å²) >= 11 is 0. The molecule has 1 aliphatic rings. The highest BCUT2D eigenvalue weighted by molar-refractivity contribution is 5.38. The summed E-state index contributed by atoms with van der Waals surface area (Å²) in [6.07, 6.45) is 2.77. The standard InChI is InChI=1S/C17H27NO/c1-14-13-15(17(2,3)4)7-8-16(14)19-12-11-18-9-5-6-10-18/h7-8,13H,5-6,9-12H2,1-4H3/p+1. The van der Waals surface area contributed by atoms with Gasteiger partial charge in [0.05, 0.1) is 13.1 Å². The van der Waals surface area contributed by atoms with E-state index in [4.69, 9.17) is 4.74 Å². The summed E-state index contributed by atoms with van der Waals surface area (Å²) in [7, 11) is 0. The lowest BCUT2D eigenvalue weighted by molar-refractivity contribution is -0.887. The van der Waals surface area contributed by atoms with Crippen LogP contribution in [0.3, 0.4) is 0 Å². The second kappa shape index (κ2) is 5.96. The first-order valence-corrected chi connectivity index (χ1v) is 7.54. The highest BCUT2D eigenvalue weighted by Gasteiger charge is 2.16. The van der Waals surface area contributed by atoms with E-state index < -0.39 is 0 Å². The van der Waals surface area contributed by atoms with Gasteiger partial charge in [-0.25, -0.2) is 0 Å². The Kier molecular flexibility index (Phi) is 4.51. The first-order chi connectivity index (χ1) is 8.97. The third-order valence-electron chi connectivity index (χ3n) is 4.06. The Morgan fingerprint density at radius 3 is 2.42 bits per heavy atom. The lowest BCUT2D eigenvalue weighted by atomic mass is 9.86. The Morgan fingerprint density at radius 2 is 1.84 bits per heavy atom. The van der Waals surface area contributed by atoms with E-state index in [9.17, 15) is 0 Å². The third kappa shape index (κ3) is 3.97. The Morgan fingerprint density at radius 1 is 1.16 bits per heavy atom. The van der Waals surface area contributed by atoms with Crippen molar-refractivity contribution in [3.05, 3.63) is 29.3 Å². The van der Waals surface area contributed by atoms with Crippen LogP contribution in [0.25, 0.3) is 0 Å². The first-order valence-electron chi connectivity index (χ1n) is 7.54. The van der Waals surface area contributed by atoms with Gasteiger partial charge in [0.25, 0.3) is 0 Å². The summed E-state index contributed by atoms with van der Waals surface area (Å²) in [5.41, 5.74) is 2.84. The van der Waals surface area contributed by atoms with Gasteiger partial charge in [-0.3, -0.25) is 0 Å². The molecule has 0 bridgehead atoms. The number of quaternary nitrogens is 1. The molecule has 2 nitrogen and oxygen atoms in total. The van der Waals surface area contributed by atoms with E-state index in [0.29, 0.717) is 0 Å². The molecule has 0 saturated carbocycles. The zero-order chi connectivity index (χ0) is 13.9. The summed E-state index contributed by atoms with van der Waals surface area (Å²) in [6.45, 7) is 13.5. The highest BCUT2D eigenvalue weighted by Crippen LogP contribution is 2.27. The van der Waals surface area contributed by atoms with Crippen LogP contribution in [0.4, 0.5) is 0 Å². The first kappa shape index (κ1) is 14.4. The quantitative estimate of drug-likeness (QED) is 0.879. The van der Waals surface area contributed by atoms with Gasteiger partial charge in [-0.15, -0.1) is 0 Å². The fourth-order valence-electron chi connectivity index (χ4n) is 2.71. The van der Waals surface area contributed by atoms with Crippen LogP contribution < -0.4 is 9.64 Å². The van der Waals surface area contributed by atoms with Crippen molar-refractivity contribution in [3.8, 4) is 5.75 Å². The number of ether oxygens (including phenoxy) is 1. The molecule has 0 radical (unpaired) electrons. The normalized spacial score (nSPS) is 16.8. The Balaban J connectivity index is 1.90. The number of rotatable bonds is 4. The predicted octanol–water partition coefficient (Wildman–Crippen LogP) is 2.35. The average molecular weight is 262 g/mol. The molecule has 1 aliphatic heterocycles. The van der Waals surface area contributed by atoms with Crippen molar-refractivity contribution >= 4 is 0 Å². The van der Waals surface area contributed by atoms with Crippen molar-refractivity contribution in [3.63, 3.8) is 0 Å². The molecule has 0 amide bonds. The average Bonchev–Trinajstić information content (AvgIpc) is 2.83. The monoisotopic (exact) mass is 262 g/mol. The van der Waals surface area contributed by atoms with Crippen LogP contribution in [0.1, 0.15) is 44.7 Å². The van der Waals surface area contributed by atoms with Crippen molar-refractivity contribution in [2.75, 3.05) is 26.2 Å². The van der Waals surface area contributed by atoms with Gasteiger partial charge in [-0.05, 0) is 29.5 Å². The van der Waals surface area contributed by atoms with Crippen LogP contribution in [0.15, 0.2) is 18.2 Å². The van der Waals surface area contributed by atoms with Gasteiger partial charge in [0.15, 0.2) is 0 Å². The highest BCUT2D eigenvalue weighted by atomic mass is 16.5. The minimum Gasteiger partial charge on any atom is -0.487 e. The smallest absolute Gasteiger partial charge is 0.137 e. The molecule has 0 spiro atoms. The van der Waals surface area contributed by atoms with E-state index in [2.05, 4.69) is 45.9 Å². The molecule has 0 aromatic heterocycles. The molecule has 1 fully saturated rings. The number of likely N-dealkylation sites (tertiary alicyclic amines) is 1. The van der Waals surface area contributed by atoms with Crippen LogP contribution in [-0.4, -0.2) is 26.2 Å². The largest absolute Gasteiger partial charge is 0.487 e. The zero-order valence-corrected chi connectivity index (χ0v) is 12.9. The summed E-state index contributed by atoms with van der Waals surface area (Å²) in [5, 5.41) is 0. The van der Waals surface area contributed by atoms with Crippen molar-refractivity contribution in [1.29, 1.82) is 0 Å². The van der Waals surface area contributed by atoms with Gasteiger partial charge in [0.2, 0.25) is 0 Å². The van der Waals surface area contributed by atoms with Gasteiger partial charge >= 0.3 is 0 Å². The molecule has 0 aliphatic carbocycles. The van der Waals surface area contributed by atoms with Gasteiger partial charge in [-0.2, -0.15) is 0 Å². The molecule has 0 unspecified atom stereocenters. The SMILES string of the molecule is Cc1cc(C(C)(C)C)ccc1OCC[NH+]1CCCC1. The van der Waals surface area contributed by atoms with E-state index in [0.717, 1.165) is 18.9 Å². The van der Waals surface area contributed by atoms with Gasteiger partial charge in [0, 0.05) is 12.8 Å². The van der Waals surface area contributed by atoms with E-state index in [-0.39, 0.29) is 5.41 Å². The number of aryl methyl sites for hydroxylation is 1. The molecule has 106 valence electrons. The fraction of sp³-hybridized carbons (Fsp3) is 0.647. The maximum atomic E-state index is 5.95. The Labute approximate surface area is 117 Å². The number of hydrogen-bond acceptors (Lipinski definition) is 1. The minimum absolute atomic E-state index is 0.211. The van der Waals surface area contributed by atoms with Crippen molar-refractivity contribution in [1.82, 2.24) is 0 Å². The zero-order valence-electron chi connectivity index (χ0n) is 12.9. The van der Waals surface area contributed by atoms with Crippen molar-refractivity contribution in [2.45, 2.75) is 46.0 Å². The van der Waals surface area contributed by atoms with E-state index in [1.807, 2.05) is 0 Å². The van der Waals surface area contributed by atoms with Gasteiger partial charge in [-0.1, -0.05) is 32.9 Å². The van der Waals surface area contributed by atoms with Crippen LogP contribution in [0, 0.1) is 6.92 Å². The van der Waals surface area contributed by atoms with Crippen molar-refractivity contribution in [2.24, 2.45) is 0 Å². The van der Waals surface area contributed by atoms with Crippen molar-refractivity contribution < 1.29 is 9.64 Å². The molecule has 1 N–H and O–H groups in total. The summed E-state index contributed by atoms with van der Waals surface area (Å²) in [5.74, 6) is 1.05. The molecule has 1 aromatic carbocycles. The molecule has 1 aromatic rings. The minimum atomic E-state index is 0.211. The van der Waals surface area contributed by atoms with Crippen LogP contribution in [0.2, 0.25) is 0 Å². The molecule has 1 saturated heterocycles.